The largest absolute Gasteiger partial charge is 0.472 e. The van der Waals surface area contributed by atoms with E-state index in [2.05, 4.69) is 55.4 Å². The van der Waals surface area contributed by atoms with E-state index >= 15 is 0 Å². The summed E-state index contributed by atoms with van der Waals surface area (Å²) in [4.78, 5) is 73.0. The van der Waals surface area contributed by atoms with E-state index in [1.807, 2.05) is 0 Å². The molecule has 0 radical (unpaired) electrons. The first-order valence-electron chi connectivity index (χ1n) is 41.7. The fourth-order valence-electron chi connectivity index (χ4n) is 12.4. The van der Waals surface area contributed by atoms with Gasteiger partial charge in [0.25, 0.3) is 0 Å². The zero-order valence-corrected chi connectivity index (χ0v) is 67.6. The van der Waals surface area contributed by atoms with Crippen LogP contribution in [0.2, 0.25) is 0 Å². The fraction of sp³-hybridized carbons (Fsp3) is 0.951. The highest BCUT2D eigenvalue weighted by atomic mass is 31.2. The van der Waals surface area contributed by atoms with E-state index in [9.17, 15) is 43.2 Å². The third-order valence-electron chi connectivity index (χ3n) is 19.2. The van der Waals surface area contributed by atoms with Gasteiger partial charge < -0.3 is 33.8 Å². The van der Waals surface area contributed by atoms with Gasteiger partial charge in [0.2, 0.25) is 0 Å². The van der Waals surface area contributed by atoms with Gasteiger partial charge in [0, 0.05) is 25.7 Å². The van der Waals surface area contributed by atoms with Crippen molar-refractivity contribution in [3.63, 3.8) is 0 Å². The number of phosphoric ester groups is 2. The Morgan fingerprint density at radius 3 is 0.710 bits per heavy atom. The standard InChI is InChI=1S/C81H158O17P2/c1-9-74(8)60-52-44-39-40-46-54-62-79(84)92-68-77(98-81(86)64-56-48-38-32-25-19-15-11-13-17-22-28-34-42-50-58-72(4)5)70-96-100(89,90)94-66-75(82)65-93-99(87,88)95-69-76(67-91-78(83)61-53-45-36-30-26-20-23-29-35-43-51-59-73(6)7)97-80(85)63-55-47-37-31-24-18-14-10-12-16-21-27-33-41-49-57-71(2)3/h71-77,82H,9-70H2,1-8H3,(H,87,88)(H,89,90)/t74?,75-,76-,77-/m1/s1. The number of carbonyl (C=O) groups is 4. The summed E-state index contributed by atoms with van der Waals surface area (Å²) in [5, 5.41) is 10.6. The molecule has 3 unspecified atom stereocenters. The highest BCUT2D eigenvalue weighted by molar-refractivity contribution is 7.47. The Labute approximate surface area is 613 Å². The van der Waals surface area contributed by atoms with E-state index in [-0.39, 0.29) is 25.7 Å². The van der Waals surface area contributed by atoms with Crippen LogP contribution in [-0.2, 0) is 65.4 Å². The number of esters is 4. The van der Waals surface area contributed by atoms with E-state index < -0.39 is 97.5 Å². The average molecular weight is 1470 g/mol. The molecule has 0 heterocycles. The number of hydrogen-bond acceptors (Lipinski definition) is 15. The van der Waals surface area contributed by atoms with Crippen LogP contribution >= 0.6 is 15.6 Å². The maximum absolute atomic E-state index is 13.1. The van der Waals surface area contributed by atoms with Crippen LogP contribution in [0.4, 0.5) is 0 Å². The molecule has 19 heteroatoms. The maximum Gasteiger partial charge on any atom is 0.472 e. The minimum Gasteiger partial charge on any atom is -0.462 e. The van der Waals surface area contributed by atoms with Crippen molar-refractivity contribution in [1.29, 1.82) is 0 Å². The van der Waals surface area contributed by atoms with Crippen molar-refractivity contribution in [2.24, 2.45) is 23.7 Å². The summed E-state index contributed by atoms with van der Waals surface area (Å²) in [5.41, 5.74) is 0. The SMILES string of the molecule is CCC(C)CCCCCCCCC(=O)OC[C@H](COP(=O)(O)OC[C@H](O)COP(=O)(O)OC[C@@H](COC(=O)CCCCCCCCCCCCCC(C)C)OC(=O)CCCCCCCCCCCCCCCCCC(C)C)OC(=O)CCCCCCCCCCCCCCCCCC(C)C. The summed E-state index contributed by atoms with van der Waals surface area (Å²) >= 11 is 0. The summed E-state index contributed by atoms with van der Waals surface area (Å²) in [5.74, 6) is 0.993. The second kappa shape index (κ2) is 70.1. The van der Waals surface area contributed by atoms with Crippen molar-refractivity contribution in [2.45, 2.75) is 433 Å². The Bertz CT molecular complexity index is 1960. The average Bonchev–Trinajstić information content (AvgIpc) is 1.03. The Morgan fingerprint density at radius 2 is 0.480 bits per heavy atom. The van der Waals surface area contributed by atoms with Gasteiger partial charge in [-0.15, -0.1) is 0 Å². The molecule has 0 saturated heterocycles. The number of rotatable bonds is 78. The lowest BCUT2D eigenvalue weighted by atomic mass is 10.00. The molecule has 0 amide bonds. The number of phosphoric acid groups is 2. The van der Waals surface area contributed by atoms with Crippen molar-refractivity contribution in [3.8, 4) is 0 Å². The third-order valence-corrected chi connectivity index (χ3v) is 21.1. The summed E-state index contributed by atoms with van der Waals surface area (Å²) < 4.78 is 68.7. The zero-order valence-electron chi connectivity index (χ0n) is 65.8. The van der Waals surface area contributed by atoms with Gasteiger partial charge >= 0.3 is 39.5 Å². The van der Waals surface area contributed by atoms with Gasteiger partial charge in [-0.05, 0) is 49.4 Å². The number of hydrogen-bond donors (Lipinski definition) is 3. The molecule has 3 N–H and O–H groups in total. The van der Waals surface area contributed by atoms with E-state index in [0.717, 1.165) is 120 Å². The molecule has 0 aliphatic heterocycles. The number of unbranched alkanes of at least 4 members (excludes halogenated alkanes) is 43. The molecule has 0 fully saturated rings. The second-order valence-corrected chi connectivity index (χ2v) is 33.7. The lowest BCUT2D eigenvalue weighted by Gasteiger charge is -2.21. The van der Waals surface area contributed by atoms with Gasteiger partial charge in [-0.25, -0.2) is 9.13 Å². The Balaban J connectivity index is 5.24. The number of ether oxygens (including phenoxy) is 4. The molecule has 17 nitrogen and oxygen atoms in total. The van der Waals surface area contributed by atoms with Crippen LogP contribution in [0.1, 0.15) is 415 Å². The van der Waals surface area contributed by atoms with Gasteiger partial charge in [-0.1, -0.05) is 364 Å². The molecule has 0 aliphatic carbocycles. The monoisotopic (exact) mass is 1470 g/mol. The second-order valence-electron chi connectivity index (χ2n) is 30.8. The number of aliphatic hydroxyl groups excluding tert-OH is 1. The molecule has 0 aromatic carbocycles. The molecule has 0 aromatic rings. The lowest BCUT2D eigenvalue weighted by molar-refractivity contribution is -0.161. The lowest BCUT2D eigenvalue weighted by Crippen LogP contribution is -2.30. The smallest absolute Gasteiger partial charge is 0.462 e. The van der Waals surface area contributed by atoms with Crippen LogP contribution in [0.15, 0.2) is 0 Å². The summed E-state index contributed by atoms with van der Waals surface area (Å²) in [7, 11) is -9.92. The minimum atomic E-state index is -4.96. The molecule has 100 heavy (non-hydrogen) atoms. The summed E-state index contributed by atoms with van der Waals surface area (Å²) in [6, 6.07) is 0. The van der Waals surface area contributed by atoms with Gasteiger partial charge in [-0.2, -0.15) is 0 Å². The van der Waals surface area contributed by atoms with Crippen molar-refractivity contribution in [1.82, 2.24) is 0 Å². The quantitative estimate of drug-likeness (QED) is 0.0222. The first kappa shape index (κ1) is 98.1. The summed E-state index contributed by atoms with van der Waals surface area (Å²) in [6.45, 7) is 14.3. The molecule has 0 bridgehead atoms. The zero-order chi connectivity index (χ0) is 73.8. The molecule has 594 valence electrons. The van der Waals surface area contributed by atoms with Crippen LogP contribution in [-0.4, -0.2) is 96.7 Å². The van der Waals surface area contributed by atoms with E-state index in [1.54, 1.807) is 0 Å². The summed E-state index contributed by atoms with van der Waals surface area (Å²) in [6.07, 6.45) is 56.9. The first-order valence-corrected chi connectivity index (χ1v) is 44.7. The Kier molecular flexibility index (Phi) is 68.7. The molecule has 0 aliphatic rings. The van der Waals surface area contributed by atoms with Gasteiger partial charge in [0.1, 0.15) is 19.3 Å². The van der Waals surface area contributed by atoms with E-state index in [4.69, 9.17) is 37.0 Å². The van der Waals surface area contributed by atoms with Crippen LogP contribution in [0, 0.1) is 23.7 Å². The molecular formula is C81H158O17P2. The predicted molar refractivity (Wildman–Crippen MR) is 409 cm³/mol. The minimum absolute atomic E-state index is 0.107. The van der Waals surface area contributed by atoms with E-state index in [0.29, 0.717) is 25.7 Å². The van der Waals surface area contributed by atoms with Crippen molar-refractivity contribution >= 4 is 39.5 Å². The third kappa shape index (κ3) is 73.0. The molecular weight excluding hydrogens is 1310 g/mol. The topological polar surface area (TPSA) is 237 Å². The molecule has 0 saturated carbocycles. The fourth-order valence-corrected chi connectivity index (χ4v) is 14.0. The first-order chi connectivity index (χ1) is 48.1. The number of carbonyl (C=O) groups excluding carboxylic acids is 4. The highest BCUT2D eigenvalue weighted by Crippen LogP contribution is 2.45. The van der Waals surface area contributed by atoms with Gasteiger partial charge in [-0.3, -0.25) is 37.3 Å². The van der Waals surface area contributed by atoms with Crippen molar-refractivity contribution < 1.29 is 80.2 Å². The highest BCUT2D eigenvalue weighted by Gasteiger charge is 2.30. The predicted octanol–water partition coefficient (Wildman–Crippen LogP) is 24.0. The maximum atomic E-state index is 13.1. The van der Waals surface area contributed by atoms with Gasteiger partial charge in [0.05, 0.1) is 26.4 Å². The van der Waals surface area contributed by atoms with Crippen LogP contribution in [0.25, 0.3) is 0 Å². The van der Waals surface area contributed by atoms with Crippen LogP contribution in [0.5, 0.6) is 0 Å². The number of aliphatic hydroxyl groups is 1. The van der Waals surface area contributed by atoms with Gasteiger partial charge in [0.15, 0.2) is 12.2 Å². The molecule has 0 aromatic heterocycles. The molecule has 6 atom stereocenters. The van der Waals surface area contributed by atoms with Crippen molar-refractivity contribution in [2.75, 3.05) is 39.6 Å². The Hall–Kier alpha value is -1.94. The Morgan fingerprint density at radius 1 is 0.280 bits per heavy atom. The van der Waals surface area contributed by atoms with Crippen molar-refractivity contribution in [3.05, 3.63) is 0 Å². The van der Waals surface area contributed by atoms with Crippen LogP contribution in [0.3, 0.4) is 0 Å². The normalized spacial score (nSPS) is 14.3. The van der Waals surface area contributed by atoms with E-state index in [1.165, 1.54) is 212 Å². The molecule has 0 rings (SSSR count). The van der Waals surface area contributed by atoms with Crippen LogP contribution < -0.4 is 0 Å². The molecule has 0 spiro atoms.